The topological polar surface area (TPSA) is 29.5 Å². The number of benzene rings is 1. The fourth-order valence-electron chi connectivity index (χ4n) is 1.65. The first kappa shape index (κ1) is 10.2. The van der Waals surface area contributed by atoms with E-state index in [1.165, 1.54) is 0 Å². The van der Waals surface area contributed by atoms with E-state index >= 15 is 0 Å². The minimum atomic E-state index is 0.0730. The number of carbonyl (C=O) groups is 1. The molecule has 2 rings (SSSR count). The van der Waals surface area contributed by atoms with Crippen LogP contribution < -0.4 is 0 Å². The molecule has 0 unspecified atom stereocenters. The zero-order chi connectivity index (χ0) is 10.7. The first-order valence-corrected chi connectivity index (χ1v) is 5.06. The summed E-state index contributed by atoms with van der Waals surface area (Å²) >= 11 is 0. The molecule has 0 aromatic heterocycles. The second-order valence-electron chi connectivity index (χ2n) is 3.60. The second-order valence-corrected chi connectivity index (χ2v) is 3.60. The van der Waals surface area contributed by atoms with Crippen molar-refractivity contribution in [2.45, 2.75) is 0 Å². The van der Waals surface area contributed by atoms with Crippen LogP contribution in [-0.4, -0.2) is 37.1 Å². The number of hydrogen-bond donors (Lipinski definition) is 0. The van der Waals surface area contributed by atoms with Crippen LogP contribution in [0.4, 0.5) is 0 Å². The van der Waals surface area contributed by atoms with E-state index in [0.29, 0.717) is 31.9 Å². The number of nitrogens with zero attached hydrogens (tertiary/aromatic N) is 1. The minimum Gasteiger partial charge on any atom is -0.378 e. The Kier molecular flexibility index (Phi) is 3.02. The van der Waals surface area contributed by atoms with Crippen LogP contribution in [0.15, 0.2) is 24.3 Å². The first-order valence-electron chi connectivity index (χ1n) is 5.06. The van der Waals surface area contributed by atoms with Crippen molar-refractivity contribution in [3.8, 4) is 0 Å². The molecule has 1 aliphatic rings. The Labute approximate surface area is 89.7 Å². The second kappa shape index (κ2) is 4.45. The smallest absolute Gasteiger partial charge is 0.254 e. The van der Waals surface area contributed by atoms with E-state index in [-0.39, 0.29) is 5.91 Å². The Morgan fingerprint density at radius 2 is 2.07 bits per heavy atom. The van der Waals surface area contributed by atoms with Gasteiger partial charge in [0.15, 0.2) is 0 Å². The molecule has 1 aromatic rings. The summed E-state index contributed by atoms with van der Waals surface area (Å²) in [5.41, 5.74) is 1.58. The molecule has 15 heavy (non-hydrogen) atoms. The molecule has 1 amide bonds. The first-order chi connectivity index (χ1) is 7.27. The summed E-state index contributed by atoms with van der Waals surface area (Å²) in [6, 6.07) is 7.39. The third kappa shape index (κ3) is 2.36. The van der Waals surface area contributed by atoms with Crippen LogP contribution >= 0.6 is 0 Å². The molecule has 3 heteroatoms. The number of carbonyl (C=O) groups excluding carboxylic acids is 1. The van der Waals surface area contributed by atoms with Crippen molar-refractivity contribution >= 4 is 5.91 Å². The van der Waals surface area contributed by atoms with E-state index in [1.807, 2.05) is 29.2 Å². The molecule has 0 spiro atoms. The van der Waals surface area contributed by atoms with Crippen LogP contribution in [0.5, 0.6) is 0 Å². The van der Waals surface area contributed by atoms with E-state index in [4.69, 9.17) is 4.74 Å². The summed E-state index contributed by atoms with van der Waals surface area (Å²) in [6.07, 6.45) is 0. The Morgan fingerprint density at radius 1 is 1.33 bits per heavy atom. The summed E-state index contributed by atoms with van der Waals surface area (Å²) in [7, 11) is 0. The molecule has 0 bridgehead atoms. The van der Waals surface area contributed by atoms with E-state index in [2.05, 4.69) is 6.92 Å². The van der Waals surface area contributed by atoms with Gasteiger partial charge in [-0.15, -0.1) is 0 Å². The van der Waals surface area contributed by atoms with Gasteiger partial charge in [-0.25, -0.2) is 0 Å². The molecule has 1 aliphatic heterocycles. The maximum Gasteiger partial charge on any atom is 0.254 e. The van der Waals surface area contributed by atoms with E-state index in [9.17, 15) is 4.79 Å². The van der Waals surface area contributed by atoms with Crippen LogP contribution in [0.25, 0.3) is 0 Å². The van der Waals surface area contributed by atoms with Crippen molar-refractivity contribution in [2.24, 2.45) is 0 Å². The molecule has 1 heterocycles. The van der Waals surface area contributed by atoms with Gasteiger partial charge in [-0.1, -0.05) is 12.1 Å². The molecule has 0 N–H and O–H groups in total. The van der Waals surface area contributed by atoms with Gasteiger partial charge in [0.1, 0.15) is 0 Å². The quantitative estimate of drug-likeness (QED) is 0.691. The molecule has 0 aliphatic carbocycles. The molecule has 3 nitrogen and oxygen atoms in total. The Morgan fingerprint density at radius 3 is 2.73 bits per heavy atom. The fraction of sp³-hybridized carbons (Fsp3) is 0.333. The highest BCUT2D eigenvalue weighted by molar-refractivity contribution is 5.94. The van der Waals surface area contributed by atoms with Gasteiger partial charge in [0.05, 0.1) is 13.2 Å². The Balaban J connectivity index is 2.12. The van der Waals surface area contributed by atoms with Gasteiger partial charge >= 0.3 is 0 Å². The molecule has 0 saturated carbocycles. The van der Waals surface area contributed by atoms with Gasteiger partial charge in [-0.05, 0) is 24.6 Å². The average Bonchev–Trinajstić information content (AvgIpc) is 2.29. The minimum absolute atomic E-state index is 0.0730. The largest absolute Gasteiger partial charge is 0.378 e. The molecule has 1 saturated heterocycles. The summed E-state index contributed by atoms with van der Waals surface area (Å²) < 4.78 is 5.20. The van der Waals surface area contributed by atoms with Crippen LogP contribution in [0.3, 0.4) is 0 Å². The lowest BCUT2D eigenvalue weighted by molar-refractivity contribution is 0.0303. The Bertz CT molecular complexity index is 356. The molecule has 0 atom stereocenters. The normalized spacial score (nSPS) is 16.5. The maximum atomic E-state index is 12.0. The van der Waals surface area contributed by atoms with Crippen molar-refractivity contribution in [1.82, 2.24) is 4.90 Å². The average molecular weight is 204 g/mol. The molecule has 1 aromatic carbocycles. The van der Waals surface area contributed by atoms with Crippen molar-refractivity contribution in [1.29, 1.82) is 0 Å². The van der Waals surface area contributed by atoms with Gasteiger partial charge in [0.25, 0.3) is 5.91 Å². The predicted octanol–water partition coefficient (Wildman–Crippen LogP) is 1.34. The van der Waals surface area contributed by atoms with Crippen LogP contribution in [0, 0.1) is 6.92 Å². The van der Waals surface area contributed by atoms with Crippen LogP contribution in [0.1, 0.15) is 15.9 Å². The number of rotatable bonds is 1. The summed E-state index contributed by atoms with van der Waals surface area (Å²) in [4.78, 5) is 13.8. The highest BCUT2D eigenvalue weighted by atomic mass is 16.5. The van der Waals surface area contributed by atoms with Crippen molar-refractivity contribution < 1.29 is 9.53 Å². The third-order valence-corrected chi connectivity index (χ3v) is 2.47. The number of amides is 1. The van der Waals surface area contributed by atoms with Crippen molar-refractivity contribution in [3.63, 3.8) is 0 Å². The van der Waals surface area contributed by atoms with Crippen LogP contribution in [-0.2, 0) is 4.74 Å². The lowest BCUT2D eigenvalue weighted by Gasteiger charge is -2.26. The van der Waals surface area contributed by atoms with Crippen molar-refractivity contribution in [3.05, 3.63) is 42.3 Å². The molecule has 79 valence electrons. The standard InChI is InChI=1S/C12H14NO2/c1-10-3-2-4-11(9-10)12(14)13-5-7-15-8-6-13/h2-4,9H,1,5-8H2. The molecular weight excluding hydrogens is 190 g/mol. The number of morpholine rings is 1. The van der Waals surface area contributed by atoms with Gasteiger partial charge < -0.3 is 9.64 Å². The fourth-order valence-corrected chi connectivity index (χ4v) is 1.65. The van der Waals surface area contributed by atoms with Crippen molar-refractivity contribution in [2.75, 3.05) is 26.3 Å². The summed E-state index contributed by atoms with van der Waals surface area (Å²) in [5.74, 6) is 0.0730. The van der Waals surface area contributed by atoms with Gasteiger partial charge in [0.2, 0.25) is 0 Å². The van der Waals surface area contributed by atoms with E-state index in [1.54, 1.807) is 0 Å². The Hall–Kier alpha value is -1.35. The number of ether oxygens (including phenoxy) is 1. The van der Waals surface area contributed by atoms with Gasteiger partial charge in [0, 0.05) is 18.7 Å². The highest BCUT2D eigenvalue weighted by Crippen LogP contribution is 2.09. The summed E-state index contributed by atoms with van der Waals surface area (Å²) in [5, 5.41) is 0. The zero-order valence-corrected chi connectivity index (χ0v) is 8.61. The summed E-state index contributed by atoms with van der Waals surface area (Å²) in [6.45, 7) is 6.44. The number of hydrogen-bond acceptors (Lipinski definition) is 2. The lowest BCUT2D eigenvalue weighted by atomic mass is 10.1. The SMILES string of the molecule is [CH2]c1cccc(C(=O)N2CCOCC2)c1. The van der Waals surface area contributed by atoms with E-state index in [0.717, 1.165) is 5.56 Å². The molecular formula is C12H14NO2. The van der Waals surface area contributed by atoms with E-state index < -0.39 is 0 Å². The third-order valence-electron chi connectivity index (χ3n) is 2.47. The molecule has 1 fully saturated rings. The van der Waals surface area contributed by atoms with Gasteiger partial charge in [-0.3, -0.25) is 4.79 Å². The molecule has 1 radical (unpaired) electrons. The van der Waals surface area contributed by atoms with Crippen LogP contribution in [0.2, 0.25) is 0 Å². The monoisotopic (exact) mass is 204 g/mol. The highest BCUT2D eigenvalue weighted by Gasteiger charge is 2.17. The predicted molar refractivity (Wildman–Crippen MR) is 57.6 cm³/mol. The zero-order valence-electron chi connectivity index (χ0n) is 8.61. The maximum absolute atomic E-state index is 12.0. The lowest BCUT2D eigenvalue weighted by Crippen LogP contribution is -2.40. The van der Waals surface area contributed by atoms with Gasteiger partial charge in [-0.2, -0.15) is 0 Å².